The van der Waals surface area contributed by atoms with Crippen LogP contribution in [0.4, 0.5) is 5.82 Å². The maximum Gasteiger partial charge on any atom is 0.182 e. The van der Waals surface area contributed by atoms with Crippen LogP contribution in [0.1, 0.15) is 13.0 Å². The van der Waals surface area contributed by atoms with Crippen LogP contribution in [0.2, 0.25) is 5.15 Å². The van der Waals surface area contributed by atoms with Gasteiger partial charge in [0.2, 0.25) is 0 Å². The van der Waals surface area contributed by atoms with Crippen molar-refractivity contribution in [3.63, 3.8) is 0 Å². The molecule has 0 fully saturated rings. The van der Waals surface area contributed by atoms with Gasteiger partial charge in [-0.25, -0.2) is 15.4 Å². The van der Waals surface area contributed by atoms with Gasteiger partial charge in [0.25, 0.3) is 0 Å². The van der Waals surface area contributed by atoms with Gasteiger partial charge in [0.15, 0.2) is 5.65 Å². The van der Waals surface area contributed by atoms with E-state index in [1.807, 2.05) is 18.2 Å². The van der Waals surface area contributed by atoms with Crippen molar-refractivity contribution in [1.82, 2.24) is 25.6 Å². The first kappa shape index (κ1) is 14.2. The van der Waals surface area contributed by atoms with E-state index in [9.17, 15) is 0 Å². The van der Waals surface area contributed by atoms with E-state index >= 15 is 0 Å². The number of aromatic nitrogens is 4. The topological polar surface area (TPSA) is 78.5 Å². The number of hydrogen-bond donors (Lipinski definition) is 3. The van der Waals surface area contributed by atoms with E-state index in [1.54, 1.807) is 12.4 Å². The molecular weight excluding hydrogens is 276 g/mol. The summed E-state index contributed by atoms with van der Waals surface area (Å²) in [7, 11) is 0. The highest BCUT2D eigenvalue weighted by Gasteiger charge is 2.07. The molecule has 4 heterocycles. The zero-order valence-electron chi connectivity index (χ0n) is 9.89. The first-order chi connectivity index (χ1) is 9.34. The summed E-state index contributed by atoms with van der Waals surface area (Å²) in [4.78, 5) is 8.06. The molecule has 3 aromatic heterocycles. The lowest BCUT2D eigenvalue weighted by Crippen LogP contribution is -2.11. The van der Waals surface area contributed by atoms with E-state index in [0.29, 0.717) is 10.8 Å². The van der Waals surface area contributed by atoms with Crippen molar-refractivity contribution in [2.24, 2.45) is 0 Å². The number of aromatic amines is 1. The van der Waals surface area contributed by atoms with Crippen LogP contribution in [0, 0.1) is 0 Å². The molecule has 104 valence electrons. The fraction of sp³-hybridized carbons (Fsp3) is 0.154. The van der Waals surface area contributed by atoms with Gasteiger partial charge in [-0.3, -0.25) is 5.10 Å². The molecule has 0 unspecified atom stereocenters. The number of fused-ring (bicyclic) bond motifs is 2. The lowest BCUT2D eigenvalue weighted by Gasteiger charge is -1.92. The van der Waals surface area contributed by atoms with E-state index in [2.05, 4.69) is 37.1 Å². The highest BCUT2D eigenvalue weighted by molar-refractivity contribution is 6.34. The van der Waals surface area contributed by atoms with E-state index in [1.165, 1.54) is 5.56 Å². The molecule has 0 saturated heterocycles. The van der Waals surface area contributed by atoms with Crippen LogP contribution in [0.25, 0.3) is 11.0 Å². The monoisotopic (exact) mass is 290 g/mol. The molecule has 4 rings (SSSR count). The number of nitrogens with zero attached hydrogens (tertiary/aromatic N) is 3. The van der Waals surface area contributed by atoms with Crippen molar-refractivity contribution >= 4 is 28.5 Å². The lowest BCUT2D eigenvalue weighted by molar-refractivity contribution is 0.859. The Morgan fingerprint density at radius 1 is 1.10 bits per heavy atom. The third-order valence-corrected chi connectivity index (χ3v) is 2.95. The van der Waals surface area contributed by atoms with E-state index in [4.69, 9.17) is 11.6 Å². The molecule has 1 aliphatic rings. The van der Waals surface area contributed by atoms with Crippen molar-refractivity contribution in [2.45, 2.75) is 14.0 Å². The summed E-state index contributed by atoms with van der Waals surface area (Å²) in [5, 5.41) is 7.89. The van der Waals surface area contributed by atoms with Crippen LogP contribution in [0.15, 0.2) is 36.7 Å². The molecule has 3 N–H and O–H groups in total. The molecule has 20 heavy (non-hydrogen) atoms. The molecule has 0 spiro atoms. The van der Waals surface area contributed by atoms with Crippen molar-refractivity contribution in [1.29, 1.82) is 0 Å². The number of hydrazine groups is 1. The van der Waals surface area contributed by atoms with Crippen LogP contribution in [0.5, 0.6) is 0 Å². The largest absolute Gasteiger partial charge is 0.305 e. The number of halogens is 1. The third kappa shape index (κ3) is 2.87. The summed E-state index contributed by atoms with van der Waals surface area (Å²) in [6, 6.07) is 7.68. The van der Waals surface area contributed by atoms with Gasteiger partial charge < -0.3 is 5.43 Å². The standard InChI is InChI=1S/C6H4ClN3.C6H7N3.CH4/c7-5-4-2-1-3-8-6(4)10-9-5;1-2-5-4-8-9-6(5)7-3-1;/h1-3H,(H,8,9,10);1-3,8H,4H2,(H,7,9);1H4. The van der Waals surface area contributed by atoms with E-state index in [0.717, 1.165) is 17.7 Å². The second kappa shape index (κ2) is 6.31. The Hall–Kier alpha value is -2.18. The fourth-order valence-electron chi connectivity index (χ4n) is 1.74. The number of H-pyrrole nitrogens is 1. The van der Waals surface area contributed by atoms with Crippen LogP contribution in [-0.2, 0) is 6.54 Å². The highest BCUT2D eigenvalue weighted by atomic mass is 35.5. The first-order valence-electron chi connectivity index (χ1n) is 5.72. The second-order valence-electron chi connectivity index (χ2n) is 3.90. The van der Waals surface area contributed by atoms with Gasteiger partial charge in [-0.2, -0.15) is 5.10 Å². The Balaban J connectivity index is 0.000000141. The molecule has 0 saturated carbocycles. The number of nitrogens with one attached hydrogen (secondary N) is 3. The molecule has 0 aromatic carbocycles. The summed E-state index contributed by atoms with van der Waals surface area (Å²) < 4.78 is 0. The van der Waals surface area contributed by atoms with Crippen LogP contribution in [-0.4, -0.2) is 20.2 Å². The van der Waals surface area contributed by atoms with Gasteiger partial charge in [-0.05, 0) is 18.2 Å². The minimum absolute atomic E-state index is 0. The average Bonchev–Trinajstić information content (AvgIpc) is 3.07. The fourth-order valence-corrected chi connectivity index (χ4v) is 1.93. The molecule has 0 aliphatic carbocycles. The molecule has 6 nitrogen and oxygen atoms in total. The van der Waals surface area contributed by atoms with Crippen LogP contribution >= 0.6 is 11.6 Å². The normalized spacial score (nSPS) is 11.8. The number of anilines is 1. The second-order valence-corrected chi connectivity index (χ2v) is 4.28. The maximum atomic E-state index is 5.71. The van der Waals surface area contributed by atoms with Gasteiger partial charge in [0.05, 0.1) is 5.39 Å². The Morgan fingerprint density at radius 3 is 2.70 bits per heavy atom. The summed E-state index contributed by atoms with van der Waals surface area (Å²) in [6.07, 6.45) is 3.46. The summed E-state index contributed by atoms with van der Waals surface area (Å²) >= 11 is 5.71. The van der Waals surface area contributed by atoms with Crippen molar-refractivity contribution in [3.8, 4) is 0 Å². The summed E-state index contributed by atoms with van der Waals surface area (Å²) in [5.74, 6) is 0.956. The molecular formula is C13H15ClN6. The Kier molecular flexibility index (Phi) is 4.49. The minimum Gasteiger partial charge on any atom is -0.305 e. The molecule has 7 heteroatoms. The van der Waals surface area contributed by atoms with Gasteiger partial charge >= 0.3 is 0 Å². The quantitative estimate of drug-likeness (QED) is 0.593. The molecule has 0 bridgehead atoms. The van der Waals surface area contributed by atoms with Crippen LogP contribution in [0.3, 0.4) is 0 Å². The zero-order chi connectivity index (χ0) is 13.1. The van der Waals surface area contributed by atoms with Crippen LogP contribution < -0.4 is 10.9 Å². The van der Waals surface area contributed by atoms with Crippen molar-refractivity contribution in [3.05, 3.63) is 47.4 Å². The molecule has 1 aliphatic heterocycles. The smallest absolute Gasteiger partial charge is 0.182 e. The number of pyridine rings is 2. The SMILES string of the molecule is C.Clc1[nH]nc2ncccc12.c1cnc2c(c1)CNN2. The van der Waals surface area contributed by atoms with Gasteiger partial charge in [0.1, 0.15) is 11.0 Å². The molecule has 3 aromatic rings. The van der Waals surface area contributed by atoms with Gasteiger partial charge in [-0.1, -0.05) is 25.1 Å². The third-order valence-electron chi connectivity index (χ3n) is 2.66. The zero-order valence-corrected chi connectivity index (χ0v) is 10.6. The van der Waals surface area contributed by atoms with E-state index < -0.39 is 0 Å². The Morgan fingerprint density at radius 2 is 1.90 bits per heavy atom. The first-order valence-corrected chi connectivity index (χ1v) is 6.10. The Bertz CT molecular complexity index is 673. The van der Waals surface area contributed by atoms with Crippen molar-refractivity contribution in [2.75, 3.05) is 5.43 Å². The minimum atomic E-state index is 0. The lowest BCUT2D eigenvalue weighted by atomic mass is 10.3. The maximum absolute atomic E-state index is 5.71. The number of rotatable bonds is 0. The Labute approximate surface area is 121 Å². The number of hydrogen-bond acceptors (Lipinski definition) is 5. The van der Waals surface area contributed by atoms with Gasteiger partial charge in [-0.15, -0.1) is 0 Å². The van der Waals surface area contributed by atoms with Crippen molar-refractivity contribution < 1.29 is 0 Å². The average molecular weight is 291 g/mol. The summed E-state index contributed by atoms with van der Waals surface area (Å²) in [5.41, 5.74) is 7.81. The molecule has 0 amide bonds. The predicted molar refractivity (Wildman–Crippen MR) is 80.3 cm³/mol. The molecule has 0 atom stereocenters. The molecule has 0 radical (unpaired) electrons. The predicted octanol–water partition coefficient (Wildman–Crippen LogP) is 2.76. The van der Waals surface area contributed by atoms with E-state index in [-0.39, 0.29) is 7.43 Å². The highest BCUT2D eigenvalue weighted by Crippen LogP contribution is 2.16. The van der Waals surface area contributed by atoms with Gasteiger partial charge in [0, 0.05) is 24.5 Å². The summed E-state index contributed by atoms with van der Waals surface area (Å²) in [6.45, 7) is 0.878.